The lowest BCUT2D eigenvalue weighted by Crippen LogP contribution is -2.56. The van der Waals surface area contributed by atoms with E-state index in [0.29, 0.717) is 17.5 Å². The minimum Gasteiger partial charge on any atom is -0.355 e. The molecule has 2 N–H and O–H groups in total. The van der Waals surface area contributed by atoms with Crippen LogP contribution in [0, 0.1) is 5.41 Å². The second-order valence-electron chi connectivity index (χ2n) is 7.93. The standard InChI is InChI=1S/C17H35N5/c1-17(2)8-6-14(7-9-17)20-16(18-3)19-12-15-13-21(4)10-11-22(15)5/h14-15H,6-13H2,1-5H3,(H2,18,19,20). The number of aliphatic imine (C=N–C) groups is 1. The summed E-state index contributed by atoms with van der Waals surface area (Å²) < 4.78 is 0. The van der Waals surface area contributed by atoms with E-state index >= 15 is 0 Å². The summed E-state index contributed by atoms with van der Waals surface area (Å²) in [4.78, 5) is 9.27. The largest absolute Gasteiger partial charge is 0.355 e. The topological polar surface area (TPSA) is 42.9 Å². The normalized spacial score (nSPS) is 28.6. The molecule has 0 bridgehead atoms. The van der Waals surface area contributed by atoms with Crippen LogP contribution in [-0.2, 0) is 0 Å². The minimum absolute atomic E-state index is 0.518. The second-order valence-corrected chi connectivity index (χ2v) is 7.93. The van der Waals surface area contributed by atoms with Gasteiger partial charge in [-0.1, -0.05) is 13.8 Å². The average Bonchev–Trinajstić information content (AvgIpc) is 2.48. The Morgan fingerprint density at radius 3 is 2.50 bits per heavy atom. The summed E-state index contributed by atoms with van der Waals surface area (Å²) in [7, 11) is 6.30. The third-order valence-electron chi connectivity index (χ3n) is 5.39. The summed E-state index contributed by atoms with van der Waals surface area (Å²) in [5.41, 5.74) is 0.518. The number of nitrogens with one attached hydrogen (secondary N) is 2. The monoisotopic (exact) mass is 309 g/mol. The predicted octanol–water partition coefficient (Wildman–Crippen LogP) is 1.37. The molecule has 1 aliphatic carbocycles. The Bertz CT molecular complexity index is 369. The van der Waals surface area contributed by atoms with Crippen molar-refractivity contribution in [3.63, 3.8) is 0 Å². The Morgan fingerprint density at radius 1 is 1.18 bits per heavy atom. The number of nitrogens with zero attached hydrogens (tertiary/aromatic N) is 3. The smallest absolute Gasteiger partial charge is 0.191 e. The lowest BCUT2D eigenvalue weighted by atomic mass is 9.75. The van der Waals surface area contributed by atoms with Gasteiger partial charge in [-0.3, -0.25) is 9.89 Å². The van der Waals surface area contributed by atoms with Crippen LogP contribution in [0.15, 0.2) is 4.99 Å². The van der Waals surface area contributed by atoms with E-state index in [0.717, 1.165) is 32.1 Å². The van der Waals surface area contributed by atoms with Crippen molar-refractivity contribution in [2.45, 2.75) is 51.6 Å². The van der Waals surface area contributed by atoms with Gasteiger partial charge in [-0.05, 0) is 45.2 Å². The van der Waals surface area contributed by atoms with Gasteiger partial charge >= 0.3 is 0 Å². The van der Waals surface area contributed by atoms with Gasteiger partial charge in [0.2, 0.25) is 0 Å². The molecule has 0 aromatic rings. The molecular weight excluding hydrogens is 274 g/mol. The SMILES string of the molecule is CN=C(NCC1CN(C)CCN1C)NC1CCC(C)(C)CC1. The molecule has 0 spiro atoms. The van der Waals surface area contributed by atoms with Gasteiger partial charge in [0.1, 0.15) is 0 Å². The van der Waals surface area contributed by atoms with Gasteiger partial charge in [-0.2, -0.15) is 0 Å². The number of likely N-dealkylation sites (N-methyl/N-ethyl adjacent to an activating group) is 2. The lowest BCUT2D eigenvalue weighted by Gasteiger charge is -2.38. The highest BCUT2D eigenvalue weighted by molar-refractivity contribution is 5.80. The van der Waals surface area contributed by atoms with Gasteiger partial charge in [0.15, 0.2) is 5.96 Å². The van der Waals surface area contributed by atoms with Gasteiger partial charge in [0.05, 0.1) is 0 Å². The zero-order valence-electron chi connectivity index (χ0n) is 15.2. The number of rotatable bonds is 3. The van der Waals surface area contributed by atoms with Crippen LogP contribution in [-0.4, -0.2) is 75.2 Å². The highest BCUT2D eigenvalue weighted by Gasteiger charge is 2.27. The van der Waals surface area contributed by atoms with Gasteiger partial charge < -0.3 is 15.5 Å². The molecule has 2 rings (SSSR count). The Morgan fingerprint density at radius 2 is 1.86 bits per heavy atom. The van der Waals surface area contributed by atoms with Crippen molar-refractivity contribution in [3.05, 3.63) is 0 Å². The average molecular weight is 310 g/mol. The molecule has 2 fully saturated rings. The first-order valence-corrected chi connectivity index (χ1v) is 8.75. The van der Waals surface area contributed by atoms with E-state index in [1.165, 1.54) is 25.7 Å². The summed E-state index contributed by atoms with van der Waals surface area (Å²) in [6, 6.07) is 1.13. The summed E-state index contributed by atoms with van der Waals surface area (Å²) in [5, 5.41) is 7.14. The van der Waals surface area contributed by atoms with E-state index < -0.39 is 0 Å². The van der Waals surface area contributed by atoms with E-state index in [-0.39, 0.29) is 0 Å². The maximum Gasteiger partial charge on any atom is 0.191 e. The molecule has 5 heteroatoms. The van der Waals surface area contributed by atoms with E-state index in [4.69, 9.17) is 0 Å². The zero-order valence-corrected chi connectivity index (χ0v) is 15.2. The predicted molar refractivity (Wildman–Crippen MR) is 94.4 cm³/mol. The molecule has 1 unspecified atom stereocenters. The van der Waals surface area contributed by atoms with Gasteiger partial charge in [0, 0.05) is 45.3 Å². The molecule has 1 saturated carbocycles. The van der Waals surface area contributed by atoms with E-state index in [2.05, 4.69) is 53.4 Å². The van der Waals surface area contributed by atoms with E-state index in [1.807, 2.05) is 7.05 Å². The quantitative estimate of drug-likeness (QED) is 0.610. The van der Waals surface area contributed by atoms with Crippen molar-refractivity contribution in [3.8, 4) is 0 Å². The zero-order chi connectivity index (χ0) is 16.2. The van der Waals surface area contributed by atoms with E-state index in [1.54, 1.807) is 0 Å². The molecule has 0 radical (unpaired) electrons. The summed E-state index contributed by atoms with van der Waals surface area (Å²) in [5.74, 6) is 0.964. The highest BCUT2D eigenvalue weighted by atomic mass is 15.3. The fraction of sp³-hybridized carbons (Fsp3) is 0.941. The third-order valence-corrected chi connectivity index (χ3v) is 5.39. The molecule has 1 aliphatic heterocycles. The first-order valence-electron chi connectivity index (χ1n) is 8.75. The Balaban J connectivity index is 1.76. The highest BCUT2D eigenvalue weighted by Crippen LogP contribution is 2.34. The van der Waals surface area contributed by atoms with Crippen molar-refractivity contribution < 1.29 is 0 Å². The van der Waals surface area contributed by atoms with Crippen molar-refractivity contribution in [1.29, 1.82) is 0 Å². The van der Waals surface area contributed by atoms with Crippen molar-refractivity contribution in [2.24, 2.45) is 10.4 Å². The molecule has 1 heterocycles. The van der Waals surface area contributed by atoms with Gasteiger partial charge in [0.25, 0.3) is 0 Å². The van der Waals surface area contributed by atoms with Crippen LogP contribution in [0.25, 0.3) is 0 Å². The molecule has 0 aromatic carbocycles. The fourth-order valence-corrected chi connectivity index (χ4v) is 3.47. The Labute approximate surface area is 136 Å². The molecule has 1 atom stereocenters. The van der Waals surface area contributed by atoms with Crippen molar-refractivity contribution in [2.75, 3.05) is 47.3 Å². The van der Waals surface area contributed by atoms with Crippen LogP contribution >= 0.6 is 0 Å². The fourth-order valence-electron chi connectivity index (χ4n) is 3.47. The van der Waals surface area contributed by atoms with Crippen LogP contribution in [0.5, 0.6) is 0 Å². The molecular formula is C17H35N5. The molecule has 0 amide bonds. The second kappa shape index (κ2) is 7.64. The minimum atomic E-state index is 0.518. The maximum atomic E-state index is 4.41. The number of guanidine groups is 1. The Hall–Kier alpha value is -0.810. The van der Waals surface area contributed by atoms with Crippen LogP contribution in [0.1, 0.15) is 39.5 Å². The first-order chi connectivity index (χ1) is 10.4. The third kappa shape index (κ3) is 5.13. The molecule has 5 nitrogen and oxygen atoms in total. The summed E-state index contributed by atoms with van der Waals surface area (Å²) >= 11 is 0. The molecule has 1 saturated heterocycles. The number of piperazine rings is 1. The lowest BCUT2D eigenvalue weighted by molar-refractivity contribution is 0.116. The molecule has 0 aromatic heterocycles. The molecule has 128 valence electrons. The molecule has 2 aliphatic rings. The number of hydrogen-bond acceptors (Lipinski definition) is 3. The van der Waals surface area contributed by atoms with Crippen LogP contribution < -0.4 is 10.6 Å². The first kappa shape index (κ1) is 17.5. The Kier molecular flexibility index (Phi) is 6.09. The summed E-state index contributed by atoms with van der Waals surface area (Å²) in [6.07, 6.45) is 5.11. The van der Waals surface area contributed by atoms with Crippen molar-refractivity contribution in [1.82, 2.24) is 20.4 Å². The maximum absolute atomic E-state index is 4.41. The number of hydrogen-bond donors (Lipinski definition) is 2. The van der Waals surface area contributed by atoms with E-state index in [9.17, 15) is 0 Å². The van der Waals surface area contributed by atoms with Gasteiger partial charge in [-0.15, -0.1) is 0 Å². The van der Waals surface area contributed by atoms with Crippen LogP contribution in [0.4, 0.5) is 0 Å². The van der Waals surface area contributed by atoms with Crippen LogP contribution in [0.3, 0.4) is 0 Å². The molecule has 22 heavy (non-hydrogen) atoms. The van der Waals surface area contributed by atoms with Crippen LogP contribution in [0.2, 0.25) is 0 Å². The van der Waals surface area contributed by atoms with Crippen molar-refractivity contribution >= 4 is 5.96 Å². The summed E-state index contributed by atoms with van der Waals surface area (Å²) in [6.45, 7) is 9.15. The van der Waals surface area contributed by atoms with Gasteiger partial charge in [-0.25, -0.2) is 0 Å².